The summed E-state index contributed by atoms with van der Waals surface area (Å²) >= 11 is 3.50. The van der Waals surface area contributed by atoms with E-state index in [1.807, 2.05) is 11.8 Å². The molecule has 2 rings (SSSR count). The predicted molar refractivity (Wildman–Crippen MR) is 74.3 cm³/mol. The fourth-order valence-electron chi connectivity index (χ4n) is 2.15. The molecule has 1 atom stereocenters. The van der Waals surface area contributed by atoms with E-state index >= 15 is 0 Å². The van der Waals surface area contributed by atoms with E-state index in [9.17, 15) is 9.59 Å². The Hall–Kier alpha value is -0.560. The normalized spacial score (nSPS) is 25.8. The van der Waals surface area contributed by atoms with Crippen molar-refractivity contribution in [2.24, 2.45) is 0 Å². The molecule has 0 aliphatic carbocycles. The Balaban J connectivity index is 1.91. The summed E-state index contributed by atoms with van der Waals surface area (Å²) in [5, 5.41) is 12.1. The lowest BCUT2D eigenvalue weighted by atomic mass is 10.1. The Labute approximate surface area is 115 Å². The van der Waals surface area contributed by atoms with Crippen molar-refractivity contribution in [3.05, 3.63) is 0 Å². The Kier molecular flexibility index (Phi) is 5.05. The number of nitrogens with one attached hydrogen (secondary N) is 1. The number of thioether (sulfide) groups is 2. The summed E-state index contributed by atoms with van der Waals surface area (Å²) in [5.41, 5.74) is 0. The lowest BCUT2D eigenvalue weighted by molar-refractivity contribution is -0.141. The molecule has 2 aliphatic heterocycles. The first-order valence-corrected chi connectivity index (χ1v) is 8.45. The van der Waals surface area contributed by atoms with Gasteiger partial charge in [-0.15, -0.1) is 0 Å². The van der Waals surface area contributed by atoms with Crippen molar-refractivity contribution in [1.82, 2.24) is 10.2 Å². The quantitative estimate of drug-likeness (QED) is 0.797. The molecule has 2 fully saturated rings. The van der Waals surface area contributed by atoms with Gasteiger partial charge in [-0.2, -0.15) is 23.5 Å². The molecule has 102 valence electrons. The first-order valence-electron chi connectivity index (χ1n) is 6.14. The van der Waals surface area contributed by atoms with Crippen LogP contribution in [0.4, 0.5) is 4.79 Å². The summed E-state index contributed by atoms with van der Waals surface area (Å²) in [7, 11) is 0. The highest BCUT2D eigenvalue weighted by atomic mass is 32.2. The molecule has 2 N–H and O–H groups in total. The van der Waals surface area contributed by atoms with Crippen molar-refractivity contribution >= 4 is 35.5 Å². The highest BCUT2D eigenvalue weighted by molar-refractivity contribution is 7.99. The van der Waals surface area contributed by atoms with Crippen LogP contribution in [0, 0.1) is 0 Å². The number of urea groups is 1. The van der Waals surface area contributed by atoms with Gasteiger partial charge in [-0.3, -0.25) is 0 Å². The standard InChI is InChI=1S/C11H18N2O3S2/c14-10(15)9-7-18-6-3-13(9)11(16)12-8-1-4-17-5-2-8/h8-9H,1-7H2,(H,12,16)(H,14,15). The van der Waals surface area contributed by atoms with Gasteiger partial charge in [-0.25, -0.2) is 9.59 Å². The number of aliphatic carboxylic acids is 1. The van der Waals surface area contributed by atoms with Crippen LogP contribution in [0.3, 0.4) is 0 Å². The second kappa shape index (κ2) is 6.56. The van der Waals surface area contributed by atoms with Crippen LogP contribution >= 0.6 is 23.5 Å². The number of hydrogen-bond donors (Lipinski definition) is 2. The van der Waals surface area contributed by atoms with Crippen LogP contribution in [0.15, 0.2) is 0 Å². The SMILES string of the molecule is O=C(O)C1CSCCN1C(=O)NC1CCSCC1. The first-order chi connectivity index (χ1) is 8.68. The fraction of sp³-hybridized carbons (Fsp3) is 0.818. The number of rotatable bonds is 2. The van der Waals surface area contributed by atoms with Crippen LogP contribution in [0.1, 0.15) is 12.8 Å². The third-order valence-corrected chi connectivity index (χ3v) is 5.29. The van der Waals surface area contributed by atoms with E-state index in [0.29, 0.717) is 12.3 Å². The molecule has 0 aromatic carbocycles. The second-order valence-corrected chi connectivity index (χ2v) is 6.83. The minimum atomic E-state index is -0.906. The van der Waals surface area contributed by atoms with Gasteiger partial charge in [0.1, 0.15) is 6.04 Å². The molecule has 0 spiro atoms. The molecule has 18 heavy (non-hydrogen) atoms. The van der Waals surface area contributed by atoms with E-state index in [0.717, 1.165) is 30.1 Å². The number of amides is 2. The molecule has 0 saturated carbocycles. The highest BCUT2D eigenvalue weighted by Crippen LogP contribution is 2.19. The van der Waals surface area contributed by atoms with Crippen LogP contribution in [-0.4, -0.2) is 63.6 Å². The van der Waals surface area contributed by atoms with Gasteiger partial charge in [0.25, 0.3) is 0 Å². The molecule has 0 aromatic heterocycles. The third-order valence-electron chi connectivity index (χ3n) is 3.22. The predicted octanol–water partition coefficient (Wildman–Crippen LogP) is 1.09. The average Bonchev–Trinajstić information content (AvgIpc) is 2.40. The summed E-state index contributed by atoms with van der Waals surface area (Å²) in [5.74, 6) is 2.55. The van der Waals surface area contributed by atoms with E-state index in [1.165, 1.54) is 4.90 Å². The Morgan fingerprint density at radius 3 is 2.56 bits per heavy atom. The number of carbonyl (C=O) groups excluding carboxylic acids is 1. The first kappa shape index (κ1) is 13.9. The Morgan fingerprint density at radius 1 is 1.17 bits per heavy atom. The molecule has 7 heteroatoms. The van der Waals surface area contributed by atoms with Crippen LogP contribution in [-0.2, 0) is 4.79 Å². The Morgan fingerprint density at radius 2 is 1.89 bits per heavy atom. The van der Waals surface area contributed by atoms with Crippen molar-refractivity contribution in [2.75, 3.05) is 29.6 Å². The van der Waals surface area contributed by atoms with Crippen LogP contribution in [0.25, 0.3) is 0 Å². The Bertz CT molecular complexity index is 321. The molecule has 0 radical (unpaired) electrons. The monoisotopic (exact) mass is 290 g/mol. The molecule has 1 unspecified atom stereocenters. The van der Waals surface area contributed by atoms with Gasteiger partial charge in [-0.05, 0) is 24.3 Å². The number of carboxylic acids is 1. The van der Waals surface area contributed by atoms with Crippen molar-refractivity contribution in [3.63, 3.8) is 0 Å². The van der Waals surface area contributed by atoms with E-state index in [1.54, 1.807) is 11.8 Å². The molecular weight excluding hydrogens is 272 g/mol. The molecule has 2 heterocycles. The molecule has 2 saturated heterocycles. The van der Waals surface area contributed by atoms with Gasteiger partial charge >= 0.3 is 12.0 Å². The molecule has 2 amide bonds. The van der Waals surface area contributed by atoms with Crippen LogP contribution < -0.4 is 5.32 Å². The van der Waals surface area contributed by atoms with E-state index in [2.05, 4.69) is 5.32 Å². The maximum Gasteiger partial charge on any atom is 0.327 e. The largest absolute Gasteiger partial charge is 0.480 e. The lowest BCUT2D eigenvalue weighted by Crippen LogP contribution is -2.55. The average molecular weight is 290 g/mol. The van der Waals surface area contributed by atoms with E-state index < -0.39 is 12.0 Å². The smallest absolute Gasteiger partial charge is 0.327 e. The zero-order chi connectivity index (χ0) is 13.0. The van der Waals surface area contributed by atoms with Crippen molar-refractivity contribution in [2.45, 2.75) is 24.9 Å². The zero-order valence-corrected chi connectivity index (χ0v) is 11.8. The van der Waals surface area contributed by atoms with Gasteiger partial charge in [0.2, 0.25) is 0 Å². The van der Waals surface area contributed by atoms with Gasteiger partial charge < -0.3 is 15.3 Å². The van der Waals surface area contributed by atoms with Crippen molar-refractivity contribution < 1.29 is 14.7 Å². The van der Waals surface area contributed by atoms with Gasteiger partial charge in [0.05, 0.1) is 0 Å². The van der Waals surface area contributed by atoms with E-state index in [4.69, 9.17) is 5.11 Å². The zero-order valence-electron chi connectivity index (χ0n) is 10.1. The third kappa shape index (κ3) is 3.47. The summed E-state index contributed by atoms with van der Waals surface area (Å²) in [6.07, 6.45) is 1.97. The molecule has 0 bridgehead atoms. The maximum absolute atomic E-state index is 12.1. The van der Waals surface area contributed by atoms with E-state index in [-0.39, 0.29) is 12.1 Å². The second-order valence-electron chi connectivity index (χ2n) is 4.46. The summed E-state index contributed by atoms with van der Waals surface area (Å²) in [4.78, 5) is 24.7. The van der Waals surface area contributed by atoms with Gasteiger partial charge in [0, 0.05) is 24.1 Å². The number of hydrogen-bond acceptors (Lipinski definition) is 4. The molecule has 0 aromatic rings. The summed E-state index contributed by atoms with van der Waals surface area (Å²) in [6, 6.07) is -0.677. The maximum atomic E-state index is 12.1. The minimum Gasteiger partial charge on any atom is -0.480 e. The summed E-state index contributed by atoms with van der Waals surface area (Å²) in [6.45, 7) is 0.523. The molecule has 5 nitrogen and oxygen atoms in total. The molecule has 2 aliphatic rings. The number of carboxylic acid groups (broad SMARTS) is 1. The lowest BCUT2D eigenvalue weighted by Gasteiger charge is -2.34. The topological polar surface area (TPSA) is 69.6 Å². The van der Waals surface area contributed by atoms with Gasteiger partial charge in [0.15, 0.2) is 0 Å². The van der Waals surface area contributed by atoms with Crippen molar-refractivity contribution in [1.29, 1.82) is 0 Å². The van der Waals surface area contributed by atoms with Crippen molar-refractivity contribution in [3.8, 4) is 0 Å². The molecular formula is C11H18N2O3S2. The van der Waals surface area contributed by atoms with Crippen LogP contribution in [0.5, 0.6) is 0 Å². The fourth-order valence-corrected chi connectivity index (χ4v) is 4.30. The van der Waals surface area contributed by atoms with Crippen LogP contribution in [0.2, 0.25) is 0 Å². The number of nitrogens with zero attached hydrogens (tertiary/aromatic N) is 1. The van der Waals surface area contributed by atoms with Gasteiger partial charge in [-0.1, -0.05) is 0 Å². The minimum absolute atomic E-state index is 0.209. The summed E-state index contributed by atoms with van der Waals surface area (Å²) < 4.78 is 0. The number of carbonyl (C=O) groups is 2. The highest BCUT2D eigenvalue weighted by Gasteiger charge is 2.33.